The van der Waals surface area contributed by atoms with Gasteiger partial charge in [0, 0.05) is 54.7 Å². The summed E-state index contributed by atoms with van der Waals surface area (Å²) in [4.78, 5) is 25.9. The molecule has 4 rings (SSSR count). The highest BCUT2D eigenvalue weighted by Crippen LogP contribution is 2.22. The molecule has 8 heteroatoms. The van der Waals surface area contributed by atoms with Crippen molar-refractivity contribution >= 4 is 34.5 Å². The number of hydrogen-bond acceptors (Lipinski definition) is 5. The van der Waals surface area contributed by atoms with E-state index in [4.69, 9.17) is 0 Å². The third-order valence-corrected chi connectivity index (χ3v) is 5.66. The van der Waals surface area contributed by atoms with Crippen LogP contribution in [0.3, 0.4) is 0 Å². The quantitative estimate of drug-likeness (QED) is 0.204. The van der Waals surface area contributed by atoms with Crippen LogP contribution in [0.2, 0.25) is 0 Å². The molecule has 1 aliphatic rings. The van der Waals surface area contributed by atoms with Crippen molar-refractivity contribution in [3.05, 3.63) is 72.7 Å². The number of urea groups is 1. The van der Waals surface area contributed by atoms with E-state index < -0.39 is 0 Å². The number of carbonyl (C=O) groups excluding carboxylic acids is 1. The Bertz CT molecular complexity index is 1160. The van der Waals surface area contributed by atoms with Crippen LogP contribution in [0, 0.1) is 0 Å². The van der Waals surface area contributed by atoms with Crippen LogP contribution in [0.5, 0.6) is 0 Å². The smallest absolute Gasteiger partial charge is 0.342 e. The number of hydrogen-bond donors (Lipinski definition) is 3. The first kappa shape index (κ1) is 30.4. The molecule has 8 nitrogen and oxygen atoms in total. The summed E-state index contributed by atoms with van der Waals surface area (Å²) in [7, 11) is 0. The number of allylic oxidation sites excluding steroid dienone is 1. The number of fused-ring (bicyclic) bond motifs is 1. The second-order valence-electron chi connectivity index (χ2n) is 8.44. The molecule has 0 radical (unpaired) electrons. The van der Waals surface area contributed by atoms with Gasteiger partial charge in [0.2, 0.25) is 0 Å². The van der Waals surface area contributed by atoms with E-state index >= 15 is 0 Å². The molecule has 0 spiro atoms. The number of aromatic amines is 1. The zero-order valence-electron chi connectivity index (χ0n) is 23.4. The largest absolute Gasteiger partial charge is 0.359 e. The van der Waals surface area contributed by atoms with E-state index in [2.05, 4.69) is 56.5 Å². The molecule has 204 valence electrons. The molecule has 1 aromatic carbocycles. The maximum absolute atomic E-state index is 12.2. The second kappa shape index (κ2) is 17.6. The van der Waals surface area contributed by atoms with Gasteiger partial charge < -0.3 is 10.3 Å². The predicted molar refractivity (Wildman–Crippen MR) is 161 cm³/mol. The standard InChI is InChI=1S/C21H28N6O.C7H9N.C2H6/c1-3-13-27(14-4-2)20-10-9-16(24-21(28)25-20)11-12-23-26-19-15-22-18-8-6-5-7-17(18)19;1-2-7-5-3-4-6-8-7;1-2/h5-10,12,15,20,22,26H,3-4,11,13-14H2,1-2H3,(H,25,28);3-6H,2H2,1H3;1-2H3/b23-12+;;. The number of nitrogens with zero attached hydrogens (tertiary/aromatic N) is 4. The van der Waals surface area contributed by atoms with Crippen LogP contribution in [0.4, 0.5) is 10.5 Å². The number of anilines is 1. The van der Waals surface area contributed by atoms with Crippen LogP contribution in [0.1, 0.15) is 59.6 Å². The van der Waals surface area contributed by atoms with E-state index in [0.717, 1.165) is 54.6 Å². The third-order valence-electron chi connectivity index (χ3n) is 5.66. The number of pyridine rings is 1. The summed E-state index contributed by atoms with van der Waals surface area (Å²) >= 11 is 0. The third kappa shape index (κ3) is 9.94. The molecule has 0 fully saturated rings. The molecular weight excluding hydrogens is 474 g/mol. The number of aryl methyl sites for hydroxylation is 1. The highest BCUT2D eigenvalue weighted by Gasteiger charge is 2.19. The minimum atomic E-state index is -0.305. The molecule has 1 atom stereocenters. The Hall–Kier alpha value is -3.78. The highest BCUT2D eigenvalue weighted by atomic mass is 16.2. The summed E-state index contributed by atoms with van der Waals surface area (Å²) in [6.45, 7) is 12.3. The first-order chi connectivity index (χ1) is 18.6. The van der Waals surface area contributed by atoms with E-state index in [1.165, 1.54) is 0 Å². The number of carbonyl (C=O) groups is 1. The van der Waals surface area contributed by atoms with Crippen LogP contribution in [-0.4, -0.2) is 52.1 Å². The SMILES string of the molecule is CC.CCCN(CCC)C1C=CC(C/C=N/Nc2c[nH]c3ccccc23)=NC(=O)N1.CCc1ccccn1. The fourth-order valence-electron chi connectivity index (χ4n) is 3.89. The molecule has 38 heavy (non-hydrogen) atoms. The second-order valence-corrected chi connectivity index (χ2v) is 8.44. The lowest BCUT2D eigenvalue weighted by molar-refractivity contribution is 0.195. The average molecular weight is 518 g/mol. The normalized spacial score (nSPS) is 14.7. The topological polar surface area (TPSA) is 97.8 Å². The zero-order chi connectivity index (χ0) is 27.6. The molecule has 0 saturated carbocycles. The molecular formula is C30H43N7O. The number of para-hydroxylation sites is 1. The number of H-pyrrole nitrogens is 1. The van der Waals surface area contributed by atoms with Crippen molar-refractivity contribution < 1.29 is 4.79 Å². The van der Waals surface area contributed by atoms with Crippen molar-refractivity contribution in [1.29, 1.82) is 0 Å². The maximum Gasteiger partial charge on any atom is 0.342 e. The molecule has 1 aliphatic heterocycles. The molecule has 2 amide bonds. The summed E-state index contributed by atoms with van der Waals surface area (Å²) in [6.07, 6.45) is 12.8. The van der Waals surface area contributed by atoms with E-state index in [1.807, 2.05) is 80.9 Å². The lowest BCUT2D eigenvalue weighted by Crippen LogP contribution is -2.46. The van der Waals surface area contributed by atoms with Crippen molar-refractivity contribution in [3.63, 3.8) is 0 Å². The number of aliphatic imine (C=N–C) groups is 1. The van der Waals surface area contributed by atoms with Crippen LogP contribution in [0.25, 0.3) is 10.9 Å². The fraction of sp³-hybridized carbons (Fsp3) is 0.400. The molecule has 3 N–H and O–H groups in total. The molecule has 0 bridgehead atoms. The molecule has 0 saturated heterocycles. The van der Waals surface area contributed by atoms with E-state index in [1.54, 1.807) is 6.21 Å². The minimum absolute atomic E-state index is 0.116. The Morgan fingerprint density at radius 3 is 2.45 bits per heavy atom. The van der Waals surface area contributed by atoms with Crippen LogP contribution in [0.15, 0.2) is 77.1 Å². The number of hydrazone groups is 1. The van der Waals surface area contributed by atoms with Gasteiger partial charge in [-0.2, -0.15) is 10.1 Å². The van der Waals surface area contributed by atoms with E-state index in [9.17, 15) is 4.79 Å². The van der Waals surface area contributed by atoms with Gasteiger partial charge in [0.15, 0.2) is 0 Å². The highest BCUT2D eigenvalue weighted by molar-refractivity contribution is 6.08. The van der Waals surface area contributed by atoms with Gasteiger partial charge in [-0.05, 0) is 49.6 Å². The lowest BCUT2D eigenvalue weighted by atomic mass is 10.2. The van der Waals surface area contributed by atoms with Gasteiger partial charge >= 0.3 is 6.03 Å². The number of rotatable bonds is 10. The van der Waals surface area contributed by atoms with Gasteiger partial charge in [0.05, 0.1) is 11.4 Å². The summed E-state index contributed by atoms with van der Waals surface area (Å²) < 4.78 is 0. The monoisotopic (exact) mass is 517 g/mol. The van der Waals surface area contributed by atoms with Crippen LogP contribution in [-0.2, 0) is 6.42 Å². The first-order valence-corrected chi connectivity index (χ1v) is 13.7. The van der Waals surface area contributed by atoms with Gasteiger partial charge in [0.1, 0.15) is 6.17 Å². The molecule has 1 unspecified atom stereocenters. The van der Waals surface area contributed by atoms with Gasteiger partial charge in [0.25, 0.3) is 0 Å². The summed E-state index contributed by atoms with van der Waals surface area (Å²) in [5.74, 6) is 0. The van der Waals surface area contributed by atoms with Gasteiger partial charge in [-0.15, -0.1) is 0 Å². The molecule has 0 aliphatic carbocycles. The zero-order valence-corrected chi connectivity index (χ0v) is 23.4. The van der Waals surface area contributed by atoms with Crippen molar-refractivity contribution in [2.45, 2.75) is 66.5 Å². The Kier molecular flexibility index (Phi) is 14.1. The Labute approximate surface area is 227 Å². The predicted octanol–water partition coefficient (Wildman–Crippen LogP) is 6.79. The number of aromatic nitrogens is 2. The van der Waals surface area contributed by atoms with Gasteiger partial charge in [-0.25, -0.2) is 4.79 Å². The fourth-order valence-corrected chi connectivity index (χ4v) is 3.89. The summed E-state index contributed by atoms with van der Waals surface area (Å²) in [6, 6.07) is 13.7. The Morgan fingerprint density at radius 2 is 1.79 bits per heavy atom. The molecule has 3 heterocycles. The summed E-state index contributed by atoms with van der Waals surface area (Å²) in [5.41, 5.74) is 6.87. The summed E-state index contributed by atoms with van der Waals surface area (Å²) in [5, 5.41) is 8.32. The molecule has 3 aromatic rings. The van der Waals surface area contributed by atoms with E-state index in [0.29, 0.717) is 12.1 Å². The Morgan fingerprint density at radius 1 is 1.05 bits per heavy atom. The van der Waals surface area contributed by atoms with Crippen molar-refractivity contribution in [3.8, 4) is 0 Å². The first-order valence-electron chi connectivity index (χ1n) is 13.7. The number of benzene rings is 1. The van der Waals surface area contributed by atoms with E-state index in [-0.39, 0.29) is 12.2 Å². The minimum Gasteiger partial charge on any atom is -0.359 e. The number of nitrogens with one attached hydrogen (secondary N) is 3. The number of amides is 2. The average Bonchev–Trinajstić information content (AvgIpc) is 3.28. The maximum atomic E-state index is 12.2. The van der Waals surface area contributed by atoms with Crippen LogP contribution < -0.4 is 10.7 Å². The molecule has 2 aromatic heterocycles. The van der Waals surface area contributed by atoms with Crippen molar-refractivity contribution in [1.82, 2.24) is 20.2 Å². The van der Waals surface area contributed by atoms with Gasteiger partial charge in [-0.1, -0.05) is 58.9 Å². The van der Waals surface area contributed by atoms with Crippen LogP contribution >= 0.6 is 0 Å². The van der Waals surface area contributed by atoms with Crippen molar-refractivity contribution in [2.24, 2.45) is 10.1 Å². The van der Waals surface area contributed by atoms with Gasteiger partial charge in [-0.3, -0.25) is 15.3 Å². The van der Waals surface area contributed by atoms with Crippen molar-refractivity contribution in [2.75, 3.05) is 18.5 Å². The Balaban J connectivity index is 0.000000428. The lowest BCUT2D eigenvalue weighted by Gasteiger charge is -2.28.